The Morgan fingerprint density at radius 2 is 1.81 bits per heavy atom. The molecule has 0 radical (unpaired) electrons. The van der Waals surface area contributed by atoms with Gasteiger partial charge in [-0.15, -0.1) is 10.2 Å². The zero-order valence-corrected chi connectivity index (χ0v) is 18.9. The smallest absolute Gasteiger partial charge is 0.123 e. The highest BCUT2D eigenvalue weighted by Gasteiger charge is 2.21. The number of benzene rings is 2. The van der Waals surface area contributed by atoms with Gasteiger partial charge < -0.3 is 10.3 Å². The molecule has 1 fully saturated rings. The van der Waals surface area contributed by atoms with Crippen LogP contribution in [-0.4, -0.2) is 32.3 Å². The zero-order valence-electron chi connectivity index (χ0n) is 18.9. The van der Waals surface area contributed by atoms with Gasteiger partial charge in [-0.3, -0.25) is 4.57 Å². The largest absolute Gasteiger partial charge is 0.361 e. The first-order valence-electron chi connectivity index (χ1n) is 12.0. The van der Waals surface area contributed by atoms with Crippen molar-refractivity contribution in [1.29, 1.82) is 0 Å². The van der Waals surface area contributed by atoms with Crippen molar-refractivity contribution in [1.82, 2.24) is 25.1 Å². The van der Waals surface area contributed by atoms with Gasteiger partial charge in [-0.1, -0.05) is 37.3 Å². The molecule has 166 valence electrons. The summed E-state index contributed by atoms with van der Waals surface area (Å²) in [5.74, 6) is 1.41. The number of aromatic amines is 1. The number of rotatable bonds is 8. The van der Waals surface area contributed by atoms with Gasteiger partial charge in [0.25, 0.3) is 0 Å². The summed E-state index contributed by atoms with van der Waals surface area (Å²) in [6.07, 6.45) is 13.4. The first kappa shape index (κ1) is 21.0. The molecule has 1 unspecified atom stereocenters. The van der Waals surface area contributed by atoms with Crippen LogP contribution in [0.2, 0.25) is 0 Å². The summed E-state index contributed by atoms with van der Waals surface area (Å²) in [6, 6.07) is 18.0. The number of hydrogen-bond acceptors (Lipinski definition) is 3. The maximum atomic E-state index is 3.93. The van der Waals surface area contributed by atoms with Crippen LogP contribution in [0, 0.1) is 5.92 Å². The highest BCUT2D eigenvalue weighted by molar-refractivity contribution is 5.85. The number of aryl methyl sites for hydroxylation is 1. The summed E-state index contributed by atoms with van der Waals surface area (Å²) in [4.78, 5) is 3.45. The summed E-state index contributed by atoms with van der Waals surface area (Å²) in [6.45, 7) is 3.40. The van der Waals surface area contributed by atoms with Gasteiger partial charge in [0, 0.05) is 35.4 Å². The molecule has 2 heterocycles. The SMILES string of the molecule is CC(CNC1CCC(CCc2c[nH]c3ccc(-n4cnnc4)cc23)CC1)c1ccccc1. The summed E-state index contributed by atoms with van der Waals surface area (Å²) in [5, 5.41) is 13.0. The van der Waals surface area contributed by atoms with E-state index in [4.69, 9.17) is 0 Å². The molecule has 2 N–H and O–H groups in total. The van der Waals surface area contributed by atoms with Gasteiger partial charge in [0.15, 0.2) is 0 Å². The molecule has 2 aromatic carbocycles. The second-order valence-corrected chi connectivity index (χ2v) is 9.39. The molecule has 1 aliphatic rings. The molecule has 1 saturated carbocycles. The Kier molecular flexibility index (Phi) is 6.35. The van der Waals surface area contributed by atoms with E-state index in [1.807, 2.05) is 4.57 Å². The van der Waals surface area contributed by atoms with Crippen molar-refractivity contribution >= 4 is 10.9 Å². The quantitative estimate of drug-likeness (QED) is 0.383. The summed E-state index contributed by atoms with van der Waals surface area (Å²) >= 11 is 0. The van der Waals surface area contributed by atoms with Gasteiger partial charge in [-0.2, -0.15) is 0 Å². The Balaban J connectivity index is 1.11. The molecule has 0 aliphatic heterocycles. The molecule has 4 aromatic rings. The molecule has 1 atom stereocenters. The van der Waals surface area contributed by atoms with Crippen LogP contribution < -0.4 is 5.32 Å². The number of H-pyrrole nitrogens is 1. The predicted octanol–water partition coefficient (Wildman–Crippen LogP) is 5.63. The summed E-state index contributed by atoms with van der Waals surface area (Å²) in [7, 11) is 0. The molecule has 2 aromatic heterocycles. The van der Waals surface area contributed by atoms with E-state index in [-0.39, 0.29) is 0 Å². The van der Waals surface area contributed by atoms with E-state index < -0.39 is 0 Å². The Labute approximate surface area is 190 Å². The van der Waals surface area contributed by atoms with E-state index in [0.717, 1.165) is 24.6 Å². The summed E-state index contributed by atoms with van der Waals surface area (Å²) in [5.41, 5.74) is 5.17. The van der Waals surface area contributed by atoms with Gasteiger partial charge in [0.05, 0.1) is 0 Å². The molecule has 0 bridgehead atoms. The predicted molar refractivity (Wildman–Crippen MR) is 130 cm³/mol. The van der Waals surface area contributed by atoms with Gasteiger partial charge in [-0.25, -0.2) is 0 Å². The van der Waals surface area contributed by atoms with Crippen molar-refractivity contribution in [3.8, 4) is 5.69 Å². The fraction of sp³-hybridized carbons (Fsp3) is 0.407. The second kappa shape index (κ2) is 9.70. The van der Waals surface area contributed by atoms with Crippen LogP contribution in [0.4, 0.5) is 0 Å². The van der Waals surface area contributed by atoms with Crippen LogP contribution in [0.5, 0.6) is 0 Å². The number of aromatic nitrogens is 4. The number of fused-ring (bicyclic) bond motifs is 1. The Hall–Kier alpha value is -2.92. The maximum Gasteiger partial charge on any atom is 0.123 e. The van der Waals surface area contributed by atoms with Crippen molar-refractivity contribution < 1.29 is 0 Å². The first-order valence-corrected chi connectivity index (χ1v) is 12.0. The zero-order chi connectivity index (χ0) is 21.8. The molecule has 5 heteroatoms. The lowest BCUT2D eigenvalue weighted by molar-refractivity contribution is 0.278. The molecule has 0 spiro atoms. The van der Waals surface area contributed by atoms with Crippen molar-refractivity contribution in [2.24, 2.45) is 5.92 Å². The third kappa shape index (κ3) is 4.78. The van der Waals surface area contributed by atoms with Gasteiger partial charge >= 0.3 is 0 Å². The lowest BCUT2D eigenvalue weighted by Crippen LogP contribution is -2.35. The molecule has 1 aliphatic carbocycles. The van der Waals surface area contributed by atoms with Crippen molar-refractivity contribution in [3.05, 3.63) is 78.5 Å². The van der Waals surface area contributed by atoms with Crippen LogP contribution in [0.15, 0.2) is 67.4 Å². The lowest BCUT2D eigenvalue weighted by atomic mass is 9.82. The average molecular weight is 428 g/mol. The molecule has 32 heavy (non-hydrogen) atoms. The fourth-order valence-electron chi connectivity index (χ4n) is 5.13. The van der Waals surface area contributed by atoms with Gasteiger partial charge in [0.2, 0.25) is 0 Å². The van der Waals surface area contributed by atoms with E-state index in [2.05, 4.69) is 82.1 Å². The van der Waals surface area contributed by atoms with Crippen LogP contribution >= 0.6 is 0 Å². The Morgan fingerprint density at radius 3 is 2.59 bits per heavy atom. The van der Waals surface area contributed by atoms with Crippen molar-refractivity contribution in [2.45, 2.75) is 57.4 Å². The van der Waals surface area contributed by atoms with E-state index in [1.54, 1.807) is 12.7 Å². The molecule has 0 saturated heterocycles. The fourth-order valence-corrected chi connectivity index (χ4v) is 5.13. The van der Waals surface area contributed by atoms with Crippen molar-refractivity contribution in [3.63, 3.8) is 0 Å². The molecule has 5 nitrogen and oxygen atoms in total. The highest BCUT2D eigenvalue weighted by Crippen LogP contribution is 2.30. The third-order valence-electron chi connectivity index (χ3n) is 7.22. The van der Waals surface area contributed by atoms with Crippen molar-refractivity contribution in [2.75, 3.05) is 6.54 Å². The molecule has 0 amide bonds. The number of nitrogens with one attached hydrogen (secondary N) is 2. The molecular formula is C27H33N5. The summed E-state index contributed by atoms with van der Waals surface area (Å²) < 4.78 is 1.96. The molecule has 5 rings (SSSR count). The molecular weight excluding hydrogens is 394 g/mol. The van der Waals surface area contributed by atoms with Crippen LogP contribution in [0.3, 0.4) is 0 Å². The minimum Gasteiger partial charge on any atom is -0.361 e. The first-order chi connectivity index (χ1) is 15.8. The van der Waals surface area contributed by atoms with E-state index in [1.165, 1.54) is 54.1 Å². The Bertz CT molecular complexity index is 1110. The van der Waals surface area contributed by atoms with Crippen LogP contribution in [-0.2, 0) is 6.42 Å². The second-order valence-electron chi connectivity index (χ2n) is 9.39. The van der Waals surface area contributed by atoms with Crippen LogP contribution in [0.1, 0.15) is 56.1 Å². The standard InChI is InChI=1S/C27H33N5/c1-20(22-5-3-2-4-6-22)16-28-24-11-8-21(9-12-24)7-10-23-17-29-27-14-13-25(15-26(23)27)32-18-30-31-19-32/h2-6,13-15,17-21,24,28-29H,7-12,16H2,1H3. The average Bonchev–Trinajstić information content (AvgIpc) is 3.52. The van der Waals surface area contributed by atoms with E-state index in [0.29, 0.717) is 12.0 Å². The van der Waals surface area contributed by atoms with Gasteiger partial charge in [0.1, 0.15) is 12.7 Å². The minimum atomic E-state index is 0.568. The topological polar surface area (TPSA) is 58.5 Å². The number of nitrogens with zero attached hydrogens (tertiary/aromatic N) is 3. The van der Waals surface area contributed by atoms with Crippen LogP contribution in [0.25, 0.3) is 16.6 Å². The minimum absolute atomic E-state index is 0.568. The van der Waals surface area contributed by atoms with E-state index in [9.17, 15) is 0 Å². The maximum absolute atomic E-state index is 3.93. The normalized spacial score (nSPS) is 19.9. The lowest BCUT2D eigenvalue weighted by Gasteiger charge is -2.30. The monoisotopic (exact) mass is 427 g/mol. The number of hydrogen-bond donors (Lipinski definition) is 2. The van der Waals surface area contributed by atoms with Gasteiger partial charge in [-0.05, 0) is 79.7 Å². The Morgan fingerprint density at radius 1 is 1.03 bits per heavy atom. The van der Waals surface area contributed by atoms with E-state index >= 15 is 0 Å². The third-order valence-corrected chi connectivity index (χ3v) is 7.22. The highest BCUT2D eigenvalue weighted by atomic mass is 15.2.